The highest BCUT2D eigenvalue weighted by Gasteiger charge is 2.36. The number of carbonyl (C=O) groups is 7. The second kappa shape index (κ2) is 15.3. The molecule has 1 saturated heterocycles. The van der Waals surface area contributed by atoms with Gasteiger partial charge in [-0.1, -0.05) is 48.5 Å². The van der Waals surface area contributed by atoms with E-state index in [9.17, 15) is 33.6 Å². The number of hydrogen-bond donors (Lipinski definition) is 6. The first-order chi connectivity index (χ1) is 21.6. The summed E-state index contributed by atoms with van der Waals surface area (Å²) in [7, 11) is 0. The van der Waals surface area contributed by atoms with E-state index in [-0.39, 0.29) is 12.5 Å². The first-order valence-electron chi connectivity index (χ1n) is 14.3. The van der Waals surface area contributed by atoms with Crippen LogP contribution in [0.3, 0.4) is 0 Å². The van der Waals surface area contributed by atoms with Gasteiger partial charge in [-0.3, -0.25) is 33.7 Å². The number of ether oxygens (including phenoxy) is 1. The average Bonchev–Trinajstić information content (AvgIpc) is 3.66. The van der Waals surface area contributed by atoms with Crippen molar-refractivity contribution >= 4 is 41.6 Å². The predicted molar refractivity (Wildman–Crippen MR) is 157 cm³/mol. The van der Waals surface area contributed by atoms with Crippen LogP contribution < -0.4 is 26.6 Å². The van der Waals surface area contributed by atoms with E-state index in [1.165, 1.54) is 4.90 Å². The van der Waals surface area contributed by atoms with Crippen LogP contribution in [0.25, 0.3) is 11.1 Å². The van der Waals surface area contributed by atoms with Gasteiger partial charge in [-0.15, -0.1) is 0 Å². The van der Waals surface area contributed by atoms with Crippen molar-refractivity contribution in [2.45, 2.75) is 24.8 Å². The van der Waals surface area contributed by atoms with Gasteiger partial charge in [0.1, 0.15) is 19.2 Å². The molecule has 238 valence electrons. The van der Waals surface area contributed by atoms with Crippen LogP contribution in [0.4, 0.5) is 4.79 Å². The second-order valence-corrected chi connectivity index (χ2v) is 10.4. The molecule has 0 saturated carbocycles. The Kier molecular flexibility index (Phi) is 11.0. The fourth-order valence-electron chi connectivity index (χ4n) is 5.18. The monoisotopic (exact) mass is 622 g/mol. The van der Waals surface area contributed by atoms with Gasteiger partial charge in [0.05, 0.1) is 26.2 Å². The number of amides is 6. The van der Waals surface area contributed by atoms with Gasteiger partial charge in [-0.2, -0.15) is 0 Å². The number of rotatable bonds is 13. The number of nitrogens with zero attached hydrogens (tertiary/aromatic N) is 1. The standard InChI is InChI=1S/C30H34N6O9/c37-24(32-14-26(39)34-16-28(41)42)12-31-25(38)13-33-27(40)15-35-29(43)23-10-5-11-36(23)30(44)45-17-22-20-8-3-1-6-18(20)19-7-2-4-9-21(19)22/h1-4,6-9,22-23H,5,10-17H2,(H,31,38)(H,32,37)(H,33,40)(H,34,39)(H,35,43)(H,41,42)/t23-/m0/s1. The van der Waals surface area contributed by atoms with Crippen molar-refractivity contribution in [3.63, 3.8) is 0 Å². The Morgan fingerprint density at radius 1 is 0.689 bits per heavy atom. The lowest BCUT2D eigenvalue weighted by molar-refractivity contribution is -0.137. The Morgan fingerprint density at radius 2 is 1.16 bits per heavy atom. The topological polar surface area (TPSA) is 212 Å². The summed E-state index contributed by atoms with van der Waals surface area (Å²) in [5.41, 5.74) is 4.35. The first kappa shape index (κ1) is 32.4. The SMILES string of the molecule is O=C(O)CNC(=O)CNC(=O)CNC(=O)CNC(=O)CNC(=O)[C@@H]1CCCN1C(=O)OCC1c2ccccc2-c2ccccc21. The number of carbonyl (C=O) groups excluding carboxylic acids is 6. The van der Waals surface area contributed by atoms with Gasteiger partial charge in [-0.25, -0.2) is 4.79 Å². The molecule has 1 aliphatic carbocycles. The highest BCUT2D eigenvalue weighted by Crippen LogP contribution is 2.44. The van der Waals surface area contributed by atoms with E-state index < -0.39 is 80.4 Å². The number of carboxylic acid groups (broad SMARTS) is 1. The summed E-state index contributed by atoms with van der Waals surface area (Å²) in [6.07, 6.45) is 0.388. The normalized spacial score (nSPS) is 14.8. The first-order valence-corrected chi connectivity index (χ1v) is 14.3. The van der Waals surface area contributed by atoms with Gasteiger partial charge in [0.25, 0.3) is 0 Å². The van der Waals surface area contributed by atoms with E-state index in [2.05, 4.69) is 26.6 Å². The molecule has 6 N–H and O–H groups in total. The second-order valence-electron chi connectivity index (χ2n) is 10.4. The van der Waals surface area contributed by atoms with Crippen LogP contribution in [0.1, 0.15) is 29.9 Å². The number of benzene rings is 2. The maximum absolute atomic E-state index is 13.0. The summed E-state index contributed by atoms with van der Waals surface area (Å²) in [4.78, 5) is 84.8. The molecule has 6 amide bonds. The summed E-state index contributed by atoms with van der Waals surface area (Å²) < 4.78 is 5.69. The van der Waals surface area contributed by atoms with Crippen molar-refractivity contribution in [2.75, 3.05) is 45.9 Å². The van der Waals surface area contributed by atoms with E-state index in [0.717, 1.165) is 22.3 Å². The molecule has 1 aliphatic heterocycles. The molecule has 4 rings (SSSR count). The molecular formula is C30H34N6O9. The van der Waals surface area contributed by atoms with Gasteiger partial charge >= 0.3 is 12.1 Å². The van der Waals surface area contributed by atoms with Crippen molar-refractivity contribution in [1.82, 2.24) is 31.5 Å². The number of nitrogens with one attached hydrogen (secondary N) is 5. The van der Waals surface area contributed by atoms with Crippen LogP contribution in [0.2, 0.25) is 0 Å². The molecule has 1 atom stereocenters. The molecule has 2 aliphatic rings. The third-order valence-corrected chi connectivity index (χ3v) is 7.32. The predicted octanol–water partition coefficient (Wildman–Crippen LogP) is -0.934. The third kappa shape index (κ3) is 8.78. The van der Waals surface area contributed by atoms with Gasteiger partial charge < -0.3 is 36.4 Å². The summed E-state index contributed by atoms with van der Waals surface area (Å²) in [5, 5.41) is 19.8. The average molecular weight is 623 g/mol. The molecule has 0 bridgehead atoms. The van der Waals surface area contributed by atoms with Gasteiger partial charge in [0.2, 0.25) is 29.5 Å². The Hall–Kier alpha value is -5.47. The zero-order chi connectivity index (χ0) is 32.3. The summed E-state index contributed by atoms with van der Waals surface area (Å²) in [5.74, 6) is -4.66. The molecule has 0 aromatic heterocycles. The molecular weight excluding hydrogens is 588 g/mol. The van der Waals surface area contributed by atoms with E-state index >= 15 is 0 Å². The van der Waals surface area contributed by atoms with Crippen LogP contribution in [0, 0.1) is 0 Å². The summed E-state index contributed by atoms with van der Waals surface area (Å²) in [6, 6.07) is 15.1. The molecule has 15 heteroatoms. The van der Waals surface area contributed by atoms with Crippen LogP contribution in [-0.4, -0.2) is 104 Å². The highest BCUT2D eigenvalue weighted by atomic mass is 16.6. The van der Waals surface area contributed by atoms with Crippen molar-refractivity contribution in [1.29, 1.82) is 0 Å². The van der Waals surface area contributed by atoms with Gasteiger partial charge in [0.15, 0.2) is 0 Å². The zero-order valence-electron chi connectivity index (χ0n) is 24.3. The minimum Gasteiger partial charge on any atom is -0.480 e. The largest absolute Gasteiger partial charge is 0.480 e. The maximum Gasteiger partial charge on any atom is 0.410 e. The Labute approximate surface area is 258 Å². The number of likely N-dealkylation sites (tertiary alicyclic amines) is 1. The Morgan fingerprint density at radius 3 is 1.67 bits per heavy atom. The molecule has 0 unspecified atom stereocenters. The third-order valence-electron chi connectivity index (χ3n) is 7.32. The fraction of sp³-hybridized carbons (Fsp3) is 0.367. The lowest BCUT2D eigenvalue weighted by atomic mass is 9.98. The number of fused-ring (bicyclic) bond motifs is 3. The quantitative estimate of drug-likeness (QED) is 0.163. The summed E-state index contributed by atoms with van der Waals surface area (Å²) in [6.45, 7) is -2.01. The van der Waals surface area contributed by atoms with Crippen molar-refractivity contribution in [3.05, 3.63) is 59.7 Å². The van der Waals surface area contributed by atoms with E-state index in [0.29, 0.717) is 19.4 Å². The van der Waals surface area contributed by atoms with Crippen LogP contribution in [0.5, 0.6) is 0 Å². The zero-order valence-corrected chi connectivity index (χ0v) is 24.3. The highest BCUT2D eigenvalue weighted by molar-refractivity contribution is 5.92. The lowest BCUT2D eigenvalue weighted by Crippen LogP contribution is -2.49. The molecule has 2 aromatic carbocycles. The molecule has 1 fully saturated rings. The van der Waals surface area contributed by atoms with Gasteiger partial charge in [-0.05, 0) is 35.1 Å². The number of carboxylic acids is 1. The molecule has 15 nitrogen and oxygen atoms in total. The minimum absolute atomic E-state index is 0.117. The van der Waals surface area contributed by atoms with Crippen molar-refractivity contribution in [2.24, 2.45) is 0 Å². The maximum atomic E-state index is 13.0. The molecule has 45 heavy (non-hydrogen) atoms. The Balaban J connectivity index is 1.15. The van der Waals surface area contributed by atoms with Crippen LogP contribution in [-0.2, 0) is 33.5 Å². The van der Waals surface area contributed by atoms with E-state index in [1.807, 2.05) is 48.5 Å². The molecule has 0 radical (unpaired) electrons. The van der Waals surface area contributed by atoms with Crippen molar-refractivity contribution < 1.29 is 43.4 Å². The minimum atomic E-state index is -1.24. The lowest BCUT2D eigenvalue weighted by Gasteiger charge is -2.24. The van der Waals surface area contributed by atoms with Crippen LogP contribution in [0.15, 0.2) is 48.5 Å². The fourth-order valence-corrected chi connectivity index (χ4v) is 5.18. The molecule has 1 heterocycles. The van der Waals surface area contributed by atoms with Crippen LogP contribution >= 0.6 is 0 Å². The number of hydrogen-bond acceptors (Lipinski definition) is 8. The Bertz CT molecular complexity index is 1430. The smallest absolute Gasteiger partial charge is 0.410 e. The van der Waals surface area contributed by atoms with Crippen molar-refractivity contribution in [3.8, 4) is 11.1 Å². The van der Waals surface area contributed by atoms with Gasteiger partial charge in [0, 0.05) is 12.5 Å². The molecule has 0 spiro atoms. The van der Waals surface area contributed by atoms with E-state index in [4.69, 9.17) is 9.84 Å². The molecule has 2 aromatic rings. The summed E-state index contributed by atoms with van der Waals surface area (Å²) >= 11 is 0. The number of aliphatic carboxylic acids is 1. The van der Waals surface area contributed by atoms with E-state index in [1.54, 1.807) is 0 Å².